The summed E-state index contributed by atoms with van der Waals surface area (Å²) in [5, 5.41) is 0. The van der Waals surface area contributed by atoms with Gasteiger partial charge in [-0.2, -0.15) is 0 Å². The van der Waals surface area contributed by atoms with Gasteiger partial charge in [0.15, 0.2) is 5.89 Å². The quantitative estimate of drug-likeness (QED) is 0.577. The molecule has 0 aliphatic rings. The van der Waals surface area contributed by atoms with Crippen LogP contribution in [0.3, 0.4) is 0 Å². The summed E-state index contributed by atoms with van der Waals surface area (Å²) in [4.78, 5) is 4.04. The monoisotopic (exact) mass is 157 g/mol. The van der Waals surface area contributed by atoms with Crippen molar-refractivity contribution in [1.29, 1.82) is 0 Å². The lowest BCUT2D eigenvalue weighted by molar-refractivity contribution is 0.493. The summed E-state index contributed by atoms with van der Waals surface area (Å²) < 4.78 is 5.10. The topological polar surface area (TPSA) is 26.0 Å². The molecule has 0 atom stereocenters. The second-order valence-electron chi connectivity index (χ2n) is 1.87. The van der Waals surface area contributed by atoms with Gasteiger partial charge in [-0.25, -0.2) is 4.98 Å². The third-order valence-corrected chi connectivity index (χ3v) is 1.14. The Labute approximate surface area is 69.6 Å². The molecule has 0 spiro atoms. The Kier molecular flexibility index (Phi) is 6.96. The number of aromatic nitrogens is 1. The fourth-order valence-electron chi connectivity index (χ4n) is 0.633. The van der Waals surface area contributed by atoms with Crippen LogP contribution < -0.4 is 0 Å². The Morgan fingerprint density at radius 1 is 1.09 bits per heavy atom. The molecule has 1 aromatic rings. The van der Waals surface area contributed by atoms with E-state index in [4.69, 9.17) is 4.42 Å². The van der Waals surface area contributed by atoms with Gasteiger partial charge in [-0.15, -0.1) is 0 Å². The number of aryl methyl sites for hydroxylation is 3. The molecule has 0 fully saturated rings. The van der Waals surface area contributed by atoms with E-state index in [1.807, 2.05) is 34.6 Å². The third kappa shape index (κ3) is 3.81. The van der Waals surface area contributed by atoms with Crippen molar-refractivity contribution in [3.8, 4) is 0 Å². The first-order chi connectivity index (χ1) is 4.70. The first-order valence-electron chi connectivity index (χ1n) is 3.61. The minimum Gasteiger partial charge on any atom is -0.446 e. The van der Waals surface area contributed by atoms with Gasteiger partial charge in [0.25, 0.3) is 0 Å². The zero-order valence-electron chi connectivity index (χ0n) is 7.36. The molecule has 66 valence electrons. The van der Waals surface area contributed by atoms with Crippen LogP contribution in [0.15, 0.2) is 4.42 Å². The maximum atomic E-state index is 5.10. The van der Waals surface area contributed by atoms with Gasteiger partial charge in [0.1, 0.15) is 5.76 Å². The summed E-state index contributed by atoms with van der Waals surface area (Å²) in [6.07, 6.45) is 0. The van der Waals surface area contributed by atoms with Gasteiger partial charge in [0, 0.05) is 6.92 Å². The number of oxazole rings is 1. The fourth-order valence-corrected chi connectivity index (χ4v) is 0.633. The van der Waals surface area contributed by atoms with E-state index in [0.29, 0.717) is 0 Å². The number of hydrogen-bond acceptors (Lipinski definition) is 2. The molecule has 2 heteroatoms. The van der Waals surface area contributed by atoms with E-state index < -0.39 is 0 Å². The Morgan fingerprint density at radius 2 is 1.55 bits per heavy atom. The molecule has 0 aliphatic carbocycles. The minimum atomic E-state index is 0. The van der Waals surface area contributed by atoms with Crippen LogP contribution in [-0.2, 0) is 0 Å². The lowest BCUT2D eigenvalue weighted by Gasteiger charge is -1.77. The van der Waals surface area contributed by atoms with Crippen LogP contribution in [0.2, 0.25) is 0 Å². The summed E-state index contributed by atoms with van der Waals surface area (Å²) in [6, 6.07) is 0. The number of hydrogen-bond donors (Lipinski definition) is 0. The van der Waals surface area contributed by atoms with Crippen LogP contribution in [0.5, 0.6) is 0 Å². The highest BCUT2D eigenvalue weighted by Crippen LogP contribution is 2.05. The lowest BCUT2D eigenvalue weighted by atomic mass is 10.4. The predicted octanol–water partition coefficient (Wildman–Crippen LogP) is 3.26. The maximum absolute atomic E-state index is 5.10. The highest BCUT2D eigenvalue weighted by molar-refractivity contribution is 5.03. The molecule has 0 aromatic carbocycles. The second kappa shape index (κ2) is 5.96. The first kappa shape index (κ1) is 12.8. The molecule has 1 rings (SSSR count). The van der Waals surface area contributed by atoms with Gasteiger partial charge in [0.2, 0.25) is 0 Å². The van der Waals surface area contributed by atoms with Crippen molar-refractivity contribution in [3.05, 3.63) is 17.3 Å². The molecule has 0 bridgehead atoms. The molecule has 0 saturated carbocycles. The van der Waals surface area contributed by atoms with E-state index in [1.165, 1.54) is 0 Å². The number of nitrogens with zero attached hydrogens (tertiary/aromatic N) is 1. The van der Waals surface area contributed by atoms with E-state index in [1.54, 1.807) is 0 Å². The molecule has 0 unspecified atom stereocenters. The van der Waals surface area contributed by atoms with Crippen molar-refractivity contribution < 1.29 is 4.42 Å². The second-order valence-corrected chi connectivity index (χ2v) is 1.87. The van der Waals surface area contributed by atoms with Gasteiger partial charge in [-0.1, -0.05) is 21.3 Å². The van der Waals surface area contributed by atoms with E-state index in [-0.39, 0.29) is 7.43 Å². The van der Waals surface area contributed by atoms with Crippen molar-refractivity contribution in [2.75, 3.05) is 0 Å². The van der Waals surface area contributed by atoms with Gasteiger partial charge in [-0.3, -0.25) is 0 Å². The Morgan fingerprint density at radius 3 is 1.64 bits per heavy atom. The van der Waals surface area contributed by atoms with Crippen LogP contribution in [-0.4, -0.2) is 4.98 Å². The molecule has 0 N–H and O–H groups in total. The van der Waals surface area contributed by atoms with Gasteiger partial charge in [0.05, 0.1) is 5.69 Å². The van der Waals surface area contributed by atoms with E-state index in [9.17, 15) is 0 Å². The predicted molar refractivity (Wildman–Crippen MR) is 48.8 cm³/mol. The molecule has 0 radical (unpaired) electrons. The van der Waals surface area contributed by atoms with E-state index in [2.05, 4.69) is 4.98 Å². The molecule has 0 saturated heterocycles. The van der Waals surface area contributed by atoms with Crippen molar-refractivity contribution in [2.45, 2.75) is 42.0 Å². The summed E-state index contributed by atoms with van der Waals surface area (Å²) in [5.74, 6) is 1.67. The molecule has 0 amide bonds. The average Bonchev–Trinajstić information content (AvgIpc) is 2.16. The van der Waals surface area contributed by atoms with Crippen LogP contribution in [0.25, 0.3) is 0 Å². The highest BCUT2D eigenvalue weighted by atomic mass is 16.4. The molecule has 1 aromatic heterocycles. The Hall–Kier alpha value is -0.790. The fraction of sp³-hybridized carbons (Fsp3) is 0.667. The summed E-state index contributed by atoms with van der Waals surface area (Å²) in [6.45, 7) is 9.70. The molecule has 11 heavy (non-hydrogen) atoms. The molecular formula is C9H19NO. The molecule has 1 heterocycles. The number of rotatable bonds is 0. The smallest absolute Gasteiger partial charge is 0.191 e. The van der Waals surface area contributed by atoms with Crippen molar-refractivity contribution in [2.24, 2.45) is 0 Å². The van der Waals surface area contributed by atoms with E-state index >= 15 is 0 Å². The summed E-state index contributed by atoms with van der Waals surface area (Å²) >= 11 is 0. The zero-order valence-corrected chi connectivity index (χ0v) is 7.36. The standard InChI is InChI=1S/C6H9NO.C2H6.CH4/c1-4-5(2)8-6(3)7-4;1-2;/h1-3H3;1-2H3;1H4. The minimum absolute atomic E-state index is 0. The Balaban J connectivity index is 0. The average molecular weight is 157 g/mol. The first-order valence-corrected chi connectivity index (χ1v) is 3.61. The SMILES string of the molecule is C.CC.Cc1nc(C)c(C)o1. The third-order valence-electron chi connectivity index (χ3n) is 1.14. The van der Waals surface area contributed by atoms with Crippen LogP contribution >= 0.6 is 0 Å². The van der Waals surface area contributed by atoms with Crippen molar-refractivity contribution in [3.63, 3.8) is 0 Å². The molecule has 2 nitrogen and oxygen atoms in total. The normalized spacial score (nSPS) is 7.73. The summed E-state index contributed by atoms with van der Waals surface area (Å²) in [7, 11) is 0. The van der Waals surface area contributed by atoms with Crippen LogP contribution in [0.1, 0.15) is 38.6 Å². The summed E-state index contributed by atoms with van der Waals surface area (Å²) in [5.41, 5.74) is 0.988. The van der Waals surface area contributed by atoms with Crippen molar-refractivity contribution >= 4 is 0 Å². The van der Waals surface area contributed by atoms with Crippen LogP contribution in [0.4, 0.5) is 0 Å². The Bertz CT molecular complexity index is 172. The van der Waals surface area contributed by atoms with E-state index in [0.717, 1.165) is 17.3 Å². The zero-order chi connectivity index (χ0) is 8.15. The molecule has 0 aliphatic heterocycles. The molecular weight excluding hydrogens is 138 g/mol. The van der Waals surface area contributed by atoms with Crippen molar-refractivity contribution in [1.82, 2.24) is 4.98 Å². The van der Waals surface area contributed by atoms with Gasteiger partial charge >= 0.3 is 0 Å². The largest absolute Gasteiger partial charge is 0.446 e. The van der Waals surface area contributed by atoms with Crippen LogP contribution in [0, 0.1) is 20.8 Å². The maximum Gasteiger partial charge on any atom is 0.191 e. The van der Waals surface area contributed by atoms with Gasteiger partial charge < -0.3 is 4.42 Å². The van der Waals surface area contributed by atoms with Gasteiger partial charge in [-0.05, 0) is 13.8 Å². The lowest BCUT2D eigenvalue weighted by Crippen LogP contribution is -1.71. The highest BCUT2D eigenvalue weighted by Gasteiger charge is 1.97.